The van der Waals surface area contributed by atoms with Crippen molar-refractivity contribution in [1.29, 1.82) is 0 Å². The Bertz CT molecular complexity index is 1290. The van der Waals surface area contributed by atoms with Gasteiger partial charge < -0.3 is 30.4 Å². The number of benzene rings is 1. The normalized spacial score (nSPS) is 10.5. The number of rotatable bonds is 8. The summed E-state index contributed by atoms with van der Waals surface area (Å²) >= 11 is 0. The number of H-pyrrole nitrogens is 1. The number of methoxy groups -OCH3 is 1. The van der Waals surface area contributed by atoms with Gasteiger partial charge in [-0.25, -0.2) is 14.3 Å². The lowest BCUT2D eigenvalue weighted by molar-refractivity contribution is -0.385. The maximum absolute atomic E-state index is 12.2. The molecule has 14 nitrogen and oxygen atoms in total. The first-order valence-corrected chi connectivity index (χ1v) is 8.64. The molecule has 2 heterocycles. The lowest BCUT2D eigenvalue weighted by atomic mass is 9.95. The van der Waals surface area contributed by atoms with Crippen molar-refractivity contribution < 1.29 is 34.2 Å². The third-order valence-electron chi connectivity index (χ3n) is 4.31. The molecular formula is C18H15N5O9. The van der Waals surface area contributed by atoms with Crippen LogP contribution < -0.4 is 20.8 Å². The Balaban J connectivity index is 2.05. The molecule has 5 N–H and O–H groups in total. The van der Waals surface area contributed by atoms with Crippen molar-refractivity contribution in [2.45, 2.75) is 6.73 Å². The van der Waals surface area contributed by atoms with Gasteiger partial charge in [0.1, 0.15) is 29.3 Å². The van der Waals surface area contributed by atoms with Crippen molar-refractivity contribution in [2.75, 3.05) is 12.8 Å². The van der Waals surface area contributed by atoms with Crippen LogP contribution in [0.4, 0.5) is 11.5 Å². The second-order valence-corrected chi connectivity index (χ2v) is 6.24. The zero-order valence-corrected chi connectivity index (χ0v) is 16.3. The van der Waals surface area contributed by atoms with Crippen molar-refractivity contribution in [3.63, 3.8) is 0 Å². The van der Waals surface area contributed by atoms with Crippen molar-refractivity contribution in [3.05, 3.63) is 62.2 Å². The van der Waals surface area contributed by atoms with Crippen LogP contribution in [-0.4, -0.2) is 48.9 Å². The molecule has 0 aliphatic rings. The number of aromatic nitrogens is 3. The number of ether oxygens (including phenoxy) is 2. The number of carboxylic acids is 2. The van der Waals surface area contributed by atoms with Crippen LogP contribution in [0, 0.1) is 10.1 Å². The largest absolute Gasteiger partial charge is 0.493 e. The van der Waals surface area contributed by atoms with Gasteiger partial charge in [-0.2, -0.15) is 5.10 Å². The molecule has 0 amide bonds. The van der Waals surface area contributed by atoms with Crippen molar-refractivity contribution in [3.8, 4) is 22.6 Å². The smallest absolute Gasteiger partial charge is 0.342 e. The van der Waals surface area contributed by atoms with E-state index in [4.69, 9.17) is 15.2 Å². The average Bonchev–Trinajstić information content (AvgIpc) is 3.20. The van der Waals surface area contributed by atoms with E-state index in [0.717, 1.165) is 17.1 Å². The van der Waals surface area contributed by atoms with Crippen LogP contribution in [-0.2, 0) is 6.73 Å². The molecule has 166 valence electrons. The summed E-state index contributed by atoms with van der Waals surface area (Å²) in [5.41, 5.74) is 2.53. The van der Waals surface area contributed by atoms with E-state index in [2.05, 4.69) is 5.10 Å². The van der Waals surface area contributed by atoms with Gasteiger partial charge >= 0.3 is 17.6 Å². The highest BCUT2D eigenvalue weighted by molar-refractivity contribution is 6.07. The third-order valence-corrected chi connectivity index (χ3v) is 4.31. The quantitative estimate of drug-likeness (QED) is 0.285. The fourth-order valence-corrected chi connectivity index (χ4v) is 2.93. The third kappa shape index (κ3) is 4.04. The first-order valence-electron chi connectivity index (χ1n) is 8.64. The highest BCUT2D eigenvalue weighted by Gasteiger charge is 2.27. The summed E-state index contributed by atoms with van der Waals surface area (Å²) in [7, 11) is 1.28. The van der Waals surface area contributed by atoms with Crippen LogP contribution in [0.15, 0.2) is 35.4 Å². The number of nitrogens with one attached hydrogen (secondary N) is 1. The van der Waals surface area contributed by atoms with Crippen LogP contribution in [0.5, 0.6) is 11.5 Å². The van der Waals surface area contributed by atoms with Crippen molar-refractivity contribution >= 4 is 23.4 Å². The predicted molar refractivity (Wildman–Crippen MR) is 107 cm³/mol. The van der Waals surface area contributed by atoms with E-state index in [-0.39, 0.29) is 29.5 Å². The Hall–Kier alpha value is -4.88. The van der Waals surface area contributed by atoms with Gasteiger partial charge in [0.05, 0.1) is 12.0 Å². The highest BCUT2D eigenvalue weighted by atomic mass is 16.6. The molecule has 3 rings (SSSR count). The minimum absolute atomic E-state index is 0.0246. The Kier molecular flexibility index (Phi) is 5.77. The zero-order valence-electron chi connectivity index (χ0n) is 16.3. The summed E-state index contributed by atoms with van der Waals surface area (Å²) in [6, 6.07) is 3.94. The fourth-order valence-electron chi connectivity index (χ4n) is 2.93. The predicted octanol–water partition coefficient (Wildman–Crippen LogP) is 1.17. The summed E-state index contributed by atoms with van der Waals surface area (Å²) < 4.78 is 11.9. The maximum atomic E-state index is 12.2. The monoisotopic (exact) mass is 445 g/mol. The van der Waals surface area contributed by atoms with Crippen molar-refractivity contribution in [1.82, 2.24) is 14.8 Å². The minimum atomic E-state index is -1.65. The van der Waals surface area contributed by atoms with Crippen LogP contribution in [0.3, 0.4) is 0 Å². The molecule has 3 aromatic rings. The van der Waals surface area contributed by atoms with E-state index in [1.54, 1.807) is 0 Å². The van der Waals surface area contributed by atoms with Gasteiger partial charge in [-0.15, -0.1) is 0 Å². The summed E-state index contributed by atoms with van der Waals surface area (Å²) in [6.07, 6.45) is 2.19. The molecule has 0 spiro atoms. The van der Waals surface area contributed by atoms with Gasteiger partial charge in [0, 0.05) is 5.56 Å². The number of nitro groups is 1. The topological polar surface area (TPSA) is 213 Å². The molecule has 0 saturated heterocycles. The minimum Gasteiger partial charge on any atom is -0.493 e. The van der Waals surface area contributed by atoms with E-state index >= 15 is 0 Å². The van der Waals surface area contributed by atoms with Crippen LogP contribution >= 0.6 is 0 Å². The van der Waals surface area contributed by atoms with E-state index < -0.39 is 44.9 Å². The van der Waals surface area contributed by atoms with Gasteiger partial charge in [-0.3, -0.25) is 14.9 Å². The summed E-state index contributed by atoms with van der Waals surface area (Å²) in [5.74, 6) is -3.50. The molecule has 0 saturated carbocycles. The standard InChI is InChI=1S/C18H15N5O9/c1-31-11-4-8(2-3-10(11)32-7-22-6-9(5-20-22)23(29)30)12-13(17(25)26)15(19)21-16(24)14(12)18(27)28/h2-6H,7H2,1H3,(H,25,26)(H,27,28)(H3,19,21,24). The number of nitrogens with zero attached hydrogens (tertiary/aromatic N) is 3. The van der Waals surface area contributed by atoms with Gasteiger partial charge in [0.25, 0.3) is 5.56 Å². The maximum Gasteiger partial charge on any atom is 0.342 e. The molecule has 0 atom stereocenters. The first kappa shape index (κ1) is 21.8. The number of aromatic amines is 1. The summed E-state index contributed by atoms with van der Waals surface area (Å²) in [5, 5.41) is 33.5. The van der Waals surface area contributed by atoms with Gasteiger partial charge in [0.2, 0.25) is 0 Å². The van der Waals surface area contributed by atoms with E-state index in [0.29, 0.717) is 0 Å². The number of carboxylic acid groups (broad SMARTS) is 2. The van der Waals surface area contributed by atoms with E-state index in [9.17, 15) is 34.7 Å². The number of nitrogen functional groups attached to an aromatic ring is 1. The zero-order chi connectivity index (χ0) is 23.6. The lowest BCUT2D eigenvalue weighted by Crippen LogP contribution is -2.24. The SMILES string of the molecule is COc1cc(-c2c(C(=O)O)c(N)[nH]c(=O)c2C(=O)O)ccc1OCn1cc([N+](=O)[O-])cn1. The Labute approximate surface area is 177 Å². The van der Waals surface area contributed by atoms with Gasteiger partial charge in [-0.1, -0.05) is 6.07 Å². The molecule has 32 heavy (non-hydrogen) atoms. The number of hydrogen-bond donors (Lipinski definition) is 4. The van der Waals surface area contributed by atoms with Gasteiger partial charge in [-0.05, 0) is 17.7 Å². The molecular weight excluding hydrogens is 430 g/mol. The Morgan fingerprint density at radius 3 is 2.50 bits per heavy atom. The molecule has 1 aromatic carbocycles. The molecule has 2 aromatic heterocycles. The van der Waals surface area contributed by atoms with Crippen LogP contribution in [0.25, 0.3) is 11.1 Å². The van der Waals surface area contributed by atoms with E-state index in [1.807, 2.05) is 4.98 Å². The number of hydrogen-bond acceptors (Lipinski definition) is 9. The highest BCUT2D eigenvalue weighted by Crippen LogP contribution is 2.36. The number of nitrogens with two attached hydrogens (primary N) is 1. The molecule has 0 fully saturated rings. The molecule has 0 aliphatic carbocycles. The molecule has 0 unspecified atom stereocenters. The first-order chi connectivity index (χ1) is 15.1. The average molecular weight is 445 g/mol. The fraction of sp³-hybridized carbons (Fsp3) is 0.111. The number of pyridine rings is 1. The second-order valence-electron chi connectivity index (χ2n) is 6.24. The molecule has 0 aliphatic heterocycles. The molecule has 0 radical (unpaired) electrons. The van der Waals surface area contributed by atoms with Crippen LogP contribution in [0.2, 0.25) is 0 Å². The van der Waals surface area contributed by atoms with E-state index in [1.165, 1.54) is 25.3 Å². The Morgan fingerprint density at radius 1 is 1.25 bits per heavy atom. The number of aromatic carboxylic acids is 2. The Morgan fingerprint density at radius 2 is 1.94 bits per heavy atom. The summed E-state index contributed by atoms with van der Waals surface area (Å²) in [6.45, 7) is -0.220. The number of anilines is 1. The summed E-state index contributed by atoms with van der Waals surface area (Å²) in [4.78, 5) is 47.7. The molecule has 14 heteroatoms. The van der Waals surface area contributed by atoms with Gasteiger partial charge in [0.15, 0.2) is 18.2 Å². The van der Waals surface area contributed by atoms with Crippen molar-refractivity contribution in [2.24, 2.45) is 0 Å². The lowest BCUT2D eigenvalue weighted by Gasteiger charge is -2.15. The molecule has 0 bridgehead atoms. The number of carbonyl (C=O) groups is 2. The van der Waals surface area contributed by atoms with Crippen LogP contribution in [0.1, 0.15) is 20.7 Å². The second kappa shape index (κ2) is 8.47.